The summed E-state index contributed by atoms with van der Waals surface area (Å²) >= 11 is 0. The van der Waals surface area contributed by atoms with Crippen molar-refractivity contribution in [3.8, 4) is 0 Å². The van der Waals surface area contributed by atoms with Gasteiger partial charge in [-0.15, -0.1) is 0 Å². The number of rotatable bonds is 5. The minimum absolute atomic E-state index is 0.0421. The highest BCUT2D eigenvalue weighted by Gasteiger charge is 2.47. The molecule has 2 aliphatic heterocycles. The molecule has 0 saturated carbocycles. The van der Waals surface area contributed by atoms with Gasteiger partial charge < -0.3 is 14.7 Å². The van der Waals surface area contributed by atoms with E-state index in [0.717, 1.165) is 17.1 Å². The van der Waals surface area contributed by atoms with Crippen LogP contribution in [0.15, 0.2) is 182 Å². The van der Waals surface area contributed by atoms with E-state index < -0.39 is 0 Å². The Morgan fingerprint density at radius 3 is 1.07 bits per heavy atom. The predicted molar refractivity (Wildman–Crippen MR) is 305 cm³/mol. The molecule has 0 spiro atoms. The minimum Gasteiger partial charge on any atom is -0.311 e. The van der Waals surface area contributed by atoms with Crippen LogP contribution in [0.25, 0.3) is 21.5 Å². The summed E-state index contributed by atoms with van der Waals surface area (Å²) < 4.78 is 0. The quantitative estimate of drug-likeness (QED) is 0.159. The average molecular weight is 912 g/mol. The van der Waals surface area contributed by atoms with Crippen LogP contribution < -0.4 is 31.1 Å². The summed E-state index contributed by atoms with van der Waals surface area (Å²) in [6.07, 6.45) is 0. The fourth-order valence-electron chi connectivity index (χ4n) is 11.6. The van der Waals surface area contributed by atoms with E-state index in [1.165, 1.54) is 94.3 Å². The zero-order valence-corrected chi connectivity index (χ0v) is 43.2. The van der Waals surface area contributed by atoms with E-state index in [1.807, 2.05) is 0 Å². The monoisotopic (exact) mass is 912 g/mol. The van der Waals surface area contributed by atoms with Crippen molar-refractivity contribution in [2.24, 2.45) is 0 Å². The summed E-state index contributed by atoms with van der Waals surface area (Å²) in [7, 11) is 0. The maximum Gasteiger partial charge on any atom is 0.252 e. The van der Waals surface area contributed by atoms with Gasteiger partial charge in [0.2, 0.25) is 0 Å². The van der Waals surface area contributed by atoms with Crippen molar-refractivity contribution in [2.45, 2.75) is 105 Å². The van der Waals surface area contributed by atoms with Crippen LogP contribution in [0.2, 0.25) is 0 Å². The number of hydrogen-bond acceptors (Lipinski definition) is 3. The number of nitrogens with zero attached hydrogens (tertiary/aromatic N) is 3. The third-order valence-electron chi connectivity index (χ3n) is 14.9. The highest BCUT2D eigenvalue weighted by molar-refractivity contribution is 7.00. The maximum atomic E-state index is 2.68. The second kappa shape index (κ2) is 16.3. The zero-order chi connectivity index (χ0) is 49.1. The van der Waals surface area contributed by atoms with Crippen LogP contribution in [0.1, 0.15) is 105 Å². The molecule has 0 radical (unpaired) electrons. The topological polar surface area (TPSA) is 9.72 Å². The van der Waals surface area contributed by atoms with Crippen molar-refractivity contribution in [1.29, 1.82) is 0 Å². The third kappa shape index (κ3) is 7.50. The van der Waals surface area contributed by atoms with Gasteiger partial charge in [0.15, 0.2) is 0 Å². The van der Waals surface area contributed by atoms with Gasteiger partial charge in [-0.3, -0.25) is 0 Å². The molecule has 70 heavy (non-hydrogen) atoms. The first-order valence-corrected chi connectivity index (χ1v) is 25.3. The number of fused-ring (bicyclic) bond motifs is 6. The summed E-state index contributed by atoms with van der Waals surface area (Å²) in [5, 5.41) is 4.86. The fraction of sp³-hybridized carbons (Fsp3) is 0.242. The van der Waals surface area contributed by atoms with Gasteiger partial charge in [0.05, 0.1) is 5.69 Å². The van der Waals surface area contributed by atoms with Crippen LogP contribution in [0.3, 0.4) is 0 Å². The molecule has 4 heteroatoms. The minimum atomic E-state index is -0.164. The Morgan fingerprint density at radius 2 is 0.671 bits per heavy atom. The van der Waals surface area contributed by atoms with Crippen LogP contribution in [-0.2, 0) is 21.7 Å². The van der Waals surface area contributed by atoms with Crippen LogP contribution in [-0.4, -0.2) is 6.71 Å². The Bertz CT molecular complexity index is 3290. The van der Waals surface area contributed by atoms with Gasteiger partial charge in [-0.2, -0.15) is 0 Å². The number of hydrogen-bond donors (Lipinski definition) is 0. The van der Waals surface area contributed by atoms with Crippen molar-refractivity contribution >= 4 is 95.8 Å². The summed E-state index contributed by atoms with van der Waals surface area (Å²) in [4.78, 5) is 7.88. The van der Waals surface area contributed by atoms with E-state index in [4.69, 9.17) is 0 Å². The Labute approximate surface area is 417 Å². The van der Waals surface area contributed by atoms with Crippen molar-refractivity contribution < 1.29 is 0 Å². The molecule has 9 aromatic carbocycles. The second-order valence-electron chi connectivity index (χ2n) is 23.9. The van der Waals surface area contributed by atoms with Gasteiger partial charge >= 0.3 is 0 Å². The lowest BCUT2D eigenvalue weighted by Gasteiger charge is -2.48. The van der Waals surface area contributed by atoms with Crippen LogP contribution >= 0.6 is 0 Å². The Morgan fingerprint density at radius 1 is 0.314 bits per heavy atom. The Hall–Kier alpha value is -7.04. The first kappa shape index (κ1) is 45.4. The molecule has 0 saturated heterocycles. The molecule has 2 aliphatic rings. The van der Waals surface area contributed by atoms with E-state index in [-0.39, 0.29) is 28.4 Å². The molecule has 0 amide bonds. The van der Waals surface area contributed by atoms with Gasteiger partial charge in [-0.1, -0.05) is 217 Å². The van der Waals surface area contributed by atoms with Gasteiger partial charge in [-0.05, 0) is 130 Å². The molecule has 3 nitrogen and oxygen atoms in total. The highest BCUT2D eigenvalue weighted by atomic mass is 15.2. The number of benzene rings is 9. The molecule has 11 rings (SSSR count). The van der Waals surface area contributed by atoms with E-state index in [0.29, 0.717) is 0 Å². The molecule has 348 valence electrons. The smallest absolute Gasteiger partial charge is 0.252 e. The molecule has 0 aliphatic carbocycles. The van der Waals surface area contributed by atoms with Gasteiger partial charge in [0, 0.05) is 45.5 Å². The summed E-state index contributed by atoms with van der Waals surface area (Å²) in [5.41, 5.74) is 19.4. The molecule has 0 aromatic heterocycles. The normalized spacial score (nSPS) is 13.6. The third-order valence-corrected chi connectivity index (χ3v) is 14.9. The molecular formula is C66H66BN3. The van der Waals surface area contributed by atoms with Crippen molar-refractivity contribution in [1.82, 2.24) is 0 Å². The lowest BCUT2D eigenvalue weighted by Crippen LogP contribution is -2.62. The molecule has 0 unspecified atom stereocenters. The van der Waals surface area contributed by atoms with E-state index in [9.17, 15) is 0 Å². The SMILES string of the molecule is CC(C)(C)c1ccccc1N1c2cc(N(c3ccc4ccccc4c3)c3ccc4ccccc4c3)cc3c2B(c2cccc(C(C)(C)C)c21)c1cccc(C(C)(C)C)c1N3c1ccccc1C(C)(C)C. The molecule has 0 atom stereocenters. The lowest BCUT2D eigenvalue weighted by atomic mass is 9.33. The molecular weight excluding hydrogens is 846 g/mol. The largest absolute Gasteiger partial charge is 0.311 e. The summed E-state index contributed by atoms with van der Waals surface area (Å²) in [6.45, 7) is 28.4. The Kier molecular flexibility index (Phi) is 10.6. The van der Waals surface area contributed by atoms with Crippen molar-refractivity contribution in [3.05, 3.63) is 204 Å². The second-order valence-corrected chi connectivity index (χ2v) is 23.9. The van der Waals surface area contributed by atoms with E-state index in [2.05, 4.69) is 280 Å². The molecule has 0 N–H and O–H groups in total. The standard InChI is InChI=1S/C66H66BN3/c1-63(2,3)50-27-17-19-33-56(50)69-58-41-49(68(47-37-35-43-23-13-15-25-45(43)39-47)48-38-36-44-24-14-16-26-46(44)40-48)42-59-60(58)67(54-31-21-29-52(61(54)69)65(7,8)9)55-32-22-30-53(66(10,11)12)62(55)70(59)57-34-20-18-28-51(57)64(4,5)6/h13-42H,1-12H3. The van der Waals surface area contributed by atoms with Crippen LogP contribution in [0, 0.1) is 0 Å². The molecule has 2 heterocycles. The van der Waals surface area contributed by atoms with Crippen molar-refractivity contribution in [3.63, 3.8) is 0 Å². The van der Waals surface area contributed by atoms with Crippen LogP contribution in [0.5, 0.6) is 0 Å². The zero-order valence-electron chi connectivity index (χ0n) is 43.2. The molecule has 9 aromatic rings. The van der Waals surface area contributed by atoms with E-state index in [1.54, 1.807) is 0 Å². The predicted octanol–water partition coefficient (Wildman–Crippen LogP) is 16.7. The number of para-hydroxylation sites is 4. The average Bonchev–Trinajstić information content (AvgIpc) is 3.32. The summed E-state index contributed by atoms with van der Waals surface area (Å²) in [5.74, 6) is 0. The van der Waals surface area contributed by atoms with Gasteiger partial charge in [0.25, 0.3) is 6.71 Å². The maximum absolute atomic E-state index is 2.68. The van der Waals surface area contributed by atoms with Gasteiger partial charge in [0.1, 0.15) is 0 Å². The highest BCUT2D eigenvalue weighted by Crippen LogP contribution is 2.53. The van der Waals surface area contributed by atoms with Crippen molar-refractivity contribution in [2.75, 3.05) is 14.7 Å². The molecule has 0 bridgehead atoms. The first-order chi connectivity index (χ1) is 33.3. The lowest BCUT2D eigenvalue weighted by molar-refractivity contribution is 0.587. The number of anilines is 9. The first-order valence-electron chi connectivity index (χ1n) is 25.3. The van der Waals surface area contributed by atoms with E-state index >= 15 is 0 Å². The Balaban J connectivity index is 1.35. The van der Waals surface area contributed by atoms with Gasteiger partial charge in [-0.25, -0.2) is 0 Å². The fourth-order valence-corrected chi connectivity index (χ4v) is 11.6. The summed E-state index contributed by atoms with van der Waals surface area (Å²) in [6, 6.07) is 69.1. The van der Waals surface area contributed by atoms with Crippen LogP contribution in [0.4, 0.5) is 51.2 Å². The molecule has 0 fully saturated rings.